The molecule has 1 amide bonds. The number of amides is 1. The van der Waals surface area contributed by atoms with Crippen LogP contribution in [0.15, 0.2) is 59.1 Å². The van der Waals surface area contributed by atoms with E-state index in [0.717, 1.165) is 0 Å². The first kappa shape index (κ1) is 19.0. The fourth-order valence-electron chi connectivity index (χ4n) is 3.10. The predicted molar refractivity (Wildman–Crippen MR) is 96.1 cm³/mol. The highest BCUT2D eigenvalue weighted by atomic mass is 19.4. The minimum atomic E-state index is -4.68. The molecule has 0 spiro atoms. The Labute approximate surface area is 163 Å². The first-order valence-electron chi connectivity index (χ1n) is 8.92. The van der Waals surface area contributed by atoms with Crippen molar-refractivity contribution < 1.29 is 27.2 Å². The molecule has 3 aromatic rings. The van der Waals surface area contributed by atoms with E-state index in [-0.39, 0.29) is 17.8 Å². The molecule has 4 rings (SSSR count). The quantitative estimate of drug-likeness (QED) is 0.658. The van der Waals surface area contributed by atoms with Crippen LogP contribution in [0.25, 0.3) is 11.4 Å². The van der Waals surface area contributed by atoms with Gasteiger partial charge in [-0.1, -0.05) is 23.4 Å². The summed E-state index contributed by atoms with van der Waals surface area (Å²) in [5.74, 6) is -1.02. The normalized spacial score (nSPS) is 16.8. The summed E-state index contributed by atoms with van der Waals surface area (Å²) >= 11 is 0. The topological polar surface area (TPSA) is 68.5 Å². The predicted octanol–water partition coefficient (Wildman–Crippen LogP) is 4.05. The molecule has 1 aliphatic rings. The molecule has 2 heterocycles. The summed E-state index contributed by atoms with van der Waals surface area (Å²) in [6.07, 6.45) is -4.14. The summed E-state index contributed by atoms with van der Waals surface area (Å²) in [6, 6.07) is 15.4. The maximum absolute atomic E-state index is 12.6. The Kier molecular flexibility index (Phi) is 4.96. The summed E-state index contributed by atoms with van der Waals surface area (Å²) in [7, 11) is 0. The summed E-state index contributed by atoms with van der Waals surface area (Å²) in [6.45, 7) is 1.06. The van der Waals surface area contributed by atoms with Gasteiger partial charge in [0.05, 0.1) is 6.54 Å². The van der Waals surface area contributed by atoms with Gasteiger partial charge in [0.1, 0.15) is 11.9 Å². The summed E-state index contributed by atoms with van der Waals surface area (Å²) in [5.41, 5.74) is 1.01. The highest BCUT2D eigenvalue weighted by Crippen LogP contribution is 2.30. The van der Waals surface area contributed by atoms with Crippen molar-refractivity contribution in [1.29, 1.82) is 0 Å². The molecule has 2 aromatic carbocycles. The molecular weight excluding hydrogens is 387 g/mol. The lowest BCUT2D eigenvalue weighted by atomic mass is 10.2. The van der Waals surface area contributed by atoms with Crippen molar-refractivity contribution in [3.63, 3.8) is 0 Å². The average Bonchev–Trinajstić information content (AvgIpc) is 3.38. The summed E-state index contributed by atoms with van der Waals surface area (Å²) in [5, 5.41) is 3.35. The standard InChI is InChI=1S/C20H16F3N3O3/c21-20(22,23)19-24-17(25-29-19)13-6-8-15(9-7-13)28-16-10-11-26(12-16)18(27)14-4-2-1-3-5-14/h1-9,16H,10-12H2/t16-/m1/s1. The molecule has 1 atom stereocenters. The van der Waals surface area contributed by atoms with Crippen molar-refractivity contribution in [1.82, 2.24) is 15.0 Å². The van der Waals surface area contributed by atoms with E-state index in [1.807, 2.05) is 18.2 Å². The second kappa shape index (κ2) is 7.57. The van der Waals surface area contributed by atoms with Gasteiger partial charge in [-0.25, -0.2) is 0 Å². The number of carbonyl (C=O) groups is 1. The third-order valence-electron chi connectivity index (χ3n) is 4.54. The first-order chi connectivity index (χ1) is 13.9. The van der Waals surface area contributed by atoms with Crippen LogP contribution in [0, 0.1) is 0 Å². The number of alkyl halides is 3. The number of benzene rings is 2. The minimum absolute atomic E-state index is 0.0374. The van der Waals surface area contributed by atoms with Crippen molar-refractivity contribution in [2.45, 2.75) is 18.7 Å². The van der Waals surface area contributed by atoms with Crippen molar-refractivity contribution in [2.24, 2.45) is 0 Å². The number of likely N-dealkylation sites (tertiary alicyclic amines) is 1. The van der Waals surface area contributed by atoms with E-state index in [2.05, 4.69) is 14.7 Å². The summed E-state index contributed by atoms with van der Waals surface area (Å²) in [4.78, 5) is 17.6. The van der Waals surface area contributed by atoms with Gasteiger partial charge < -0.3 is 14.2 Å². The molecule has 9 heteroatoms. The lowest BCUT2D eigenvalue weighted by molar-refractivity contribution is -0.159. The fourth-order valence-corrected chi connectivity index (χ4v) is 3.10. The van der Waals surface area contributed by atoms with Crippen LogP contribution >= 0.6 is 0 Å². The number of rotatable bonds is 4. The molecular formula is C20H16F3N3O3. The number of hydrogen-bond acceptors (Lipinski definition) is 5. The van der Waals surface area contributed by atoms with Gasteiger partial charge in [0.25, 0.3) is 5.91 Å². The van der Waals surface area contributed by atoms with Crippen LogP contribution < -0.4 is 4.74 Å². The first-order valence-corrected chi connectivity index (χ1v) is 8.92. The fraction of sp³-hybridized carbons (Fsp3) is 0.250. The second-order valence-electron chi connectivity index (χ2n) is 6.59. The number of hydrogen-bond donors (Lipinski definition) is 0. The Morgan fingerprint density at radius 3 is 2.48 bits per heavy atom. The lowest BCUT2D eigenvalue weighted by Gasteiger charge is -2.17. The van der Waals surface area contributed by atoms with Crippen molar-refractivity contribution in [3.05, 3.63) is 66.1 Å². The molecule has 0 bridgehead atoms. The smallest absolute Gasteiger partial charge is 0.471 e. The van der Waals surface area contributed by atoms with Crippen molar-refractivity contribution >= 4 is 5.91 Å². The zero-order valence-corrected chi connectivity index (χ0v) is 15.1. The number of ether oxygens (including phenoxy) is 1. The van der Waals surface area contributed by atoms with Gasteiger partial charge in [-0.15, -0.1) is 0 Å². The van der Waals surface area contributed by atoms with Gasteiger partial charge in [0, 0.05) is 24.1 Å². The zero-order valence-electron chi connectivity index (χ0n) is 15.1. The van der Waals surface area contributed by atoms with Gasteiger partial charge in [0.2, 0.25) is 5.82 Å². The molecule has 29 heavy (non-hydrogen) atoms. The number of aromatic nitrogens is 2. The maximum atomic E-state index is 12.6. The zero-order chi connectivity index (χ0) is 20.4. The molecule has 0 unspecified atom stereocenters. The van der Waals surface area contributed by atoms with E-state index in [1.54, 1.807) is 41.3 Å². The van der Waals surface area contributed by atoms with Crippen LogP contribution in [-0.2, 0) is 6.18 Å². The summed E-state index contributed by atoms with van der Waals surface area (Å²) < 4.78 is 47.8. The van der Waals surface area contributed by atoms with Gasteiger partial charge in [-0.2, -0.15) is 18.2 Å². The monoisotopic (exact) mass is 403 g/mol. The highest BCUT2D eigenvalue weighted by molar-refractivity contribution is 5.94. The van der Waals surface area contributed by atoms with Crippen molar-refractivity contribution in [2.75, 3.05) is 13.1 Å². The number of carbonyl (C=O) groups excluding carboxylic acids is 1. The van der Waals surface area contributed by atoms with Gasteiger partial charge >= 0.3 is 12.1 Å². The van der Waals surface area contributed by atoms with Crippen LogP contribution in [0.3, 0.4) is 0 Å². The van der Waals surface area contributed by atoms with E-state index in [1.165, 1.54) is 0 Å². The van der Waals surface area contributed by atoms with Crippen molar-refractivity contribution in [3.8, 4) is 17.1 Å². The molecule has 1 aromatic heterocycles. The molecule has 1 fully saturated rings. The third-order valence-corrected chi connectivity index (χ3v) is 4.54. The van der Waals surface area contributed by atoms with Crippen LogP contribution in [0.1, 0.15) is 22.7 Å². The molecule has 6 nitrogen and oxygen atoms in total. The highest BCUT2D eigenvalue weighted by Gasteiger charge is 2.38. The van der Waals surface area contributed by atoms with Crippen LogP contribution in [-0.4, -0.2) is 40.1 Å². The Hall–Kier alpha value is -3.36. The van der Waals surface area contributed by atoms with E-state index >= 15 is 0 Å². The average molecular weight is 403 g/mol. The van der Waals surface area contributed by atoms with Crippen LogP contribution in [0.2, 0.25) is 0 Å². The maximum Gasteiger partial charge on any atom is 0.471 e. The van der Waals surface area contributed by atoms with E-state index < -0.39 is 12.1 Å². The Bertz CT molecular complexity index is 987. The van der Waals surface area contributed by atoms with Crippen LogP contribution in [0.5, 0.6) is 5.75 Å². The second-order valence-corrected chi connectivity index (χ2v) is 6.59. The van der Waals surface area contributed by atoms with E-state index in [0.29, 0.717) is 36.4 Å². The van der Waals surface area contributed by atoms with Gasteiger partial charge in [-0.05, 0) is 36.4 Å². The Balaban J connectivity index is 1.37. The molecule has 1 aliphatic heterocycles. The Morgan fingerprint density at radius 2 is 1.83 bits per heavy atom. The number of halogens is 3. The molecule has 0 N–H and O–H groups in total. The lowest BCUT2D eigenvalue weighted by Crippen LogP contribution is -2.30. The Morgan fingerprint density at radius 1 is 1.10 bits per heavy atom. The largest absolute Gasteiger partial charge is 0.489 e. The molecule has 0 radical (unpaired) electrons. The molecule has 150 valence electrons. The van der Waals surface area contributed by atoms with E-state index in [4.69, 9.17) is 4.74 Å². The van der Waals surface area contributed by atoms with Gasteiger partial charge in [0.15, 0.2) is 0 Å². The van der Waals surface area contributed by atoms with E-state index in [9.17, 15) is 18.0 Å². The number of nitrogens with zero attached hydrogens (tertiary/aromatic N) is 3. The third kappa shape index (κ3) is 4.23. The molecule has 0 aliphatic carbocycles. The SMILES string of the molecule is O=C(c1ccccc1)N1CC[C@@H](Oc2ccc(-c3noc(C(F)(F)F)n3)cc2)C1. The molecule has 1 saturated heterocycles. The molecule has 0 saturated carbocycles. The van der Waals surface area contributed by atoms with Crippen LogP contribution in [0.4, 0.5) is 13.2 Å². The minimum Gasteiger partial charge on any atom is -0.489 e. The van der Waals surface area contributed by atoms with Gasteiger partial charge in [-0.3, -0.25) is 4.79 Å².